The van der Waals surface area contributed by atoms with Crippen molar-refractivity contribution in [3.8, 4) is 6.07 Å². The van der Waals surface area contributed by atoms with Crippen molar-refractivity contribution in [1.29, 1.82) is 5.26 Å². The molecule has 1 atom stereocenters. The Morgan fingerprint density at radius 3 is 2.77 bits per heavy atom. The van der Waals surface area contributed by atoms with Gasteiger partial charge < -0.3 is 10.2 Å². The van der Waals surface area contributed by atoms with Crippen LogP contribution in [0.15, 0.2) is 30.5 Å². The van der Waals surface area contributed by atoms with Crippen LogP contribution in [0.4, 0.5) is 0 Å². The molecule has 1 saturated heterocycles. The average molecular weight is 366 g/mol. The first-order valence-corrected chi connectivity index (χ1v) is 9.55. The lowest BCUT2D eigenvalue weighted by Crippen LogP contribution is -2.30. The zero-order valence-corrected chi connectivity index (χ0v) is 15.0. The van der Waals surface area contributed by atoms with Gasteiger partial charge in [-0.05, 0) is 49.9 Å². The normalized spacial score (nSPS) is 19.2. The highest BCUT2D eigenvalue weighted by Crippen LogP contribution is 2.37. The van der Waals surface area contributed by atoms with Crippen LogP contribution in [-0.2, 0) is 0 Å². The van der Waals surface area contributed by atoms with Crippen LogP contribution in [0.25, 0.3) is 0 Å². The molecule has 2 amide bonds. The van der Waals surface area contributed by atoms with Crippen LogP contribution in [0.3, 0.4) is 0 Å². The van der Waals surface area contributed by atoms with Gasteiger partial charge in [-0.2, -0.15) is 5.26 Å². The van der Waals surface area contributed by atoms with Crippen molar-refractivity contribution in [1.82, 2.24) is 15.2 Å². The summed E-state index contributed by atoms with van der Waals surface area (Å²) in [6.45, 7) is 0.686. The molecule has 0 aromatic carbocycles. The molecule has 0 bridgehead atoms. The maximum atomic E-state index is 12.9. The molecule has 2 aromatic rings. The second-order valence-electron chi connectivity index (χ2n) is 6.65. The zero-order chi connectivity index (χ0) is 18.1. The molecule has 0 unspecified atom stereocenters. The molecule has 26 heavy (non-hydrogen) atoms. The van der Waals surface area contributed by atoms with Gasteiger partial charge in [0, 0.05) is 23.7 Å². The number of pyridine rings is 1. The van der Waals surface area contributed by atoms with E-state index in [0.29, 0.717) is 28.7 Å². The Bertz CT molecular complexity index is 880. The number of aromatic nitrogens is 1. The van der Waals surface area contributed by atoms with Crippen LogP contribution in [0.2, 0.25) is 0 Å². The maximum absolute atomic E-state index is 12.9. The fourth-order valence-electron chi connectivity index (χ4n) is 3.20. The number of hydrogen-bond acceptors (Lipinski definition) is 5. The van der Waals surface area contributed by atoms with Gasteiger partial charge in [0.25, 0.3) is 11.8 Å². The number of rotatable bonds is 4. The molecular weight excluding hydrogens is 348 g/mol. The van der Waals surface area contributed by atoms with Gasteiger partial charge >= 0.3 is 0 Å². The quantitative estimate of drug-likeness (QED) is 0.901. The lowest BCUT2D eigenvalue weighted by molar-refractivity contribution is 0.0737. The van der Waals surface area contributed by atoms with Crippen molar-refractivity contribution in [3.63, 3.8) is 0 Å². The van der Waals surface area contributed by atoms with E-state index in [4.69, 9.17) is 5.26 Å². The van der Waals surface area contributed by atoms with Crippen LogP contribution in [0, 0.1) is 11.3 Å². The minimum absolute atomic E-state index is 0.00869. The molecule has 2 fully saturated rings. The molecule has 132 valence electrons. The summed E-state index contributed by atoms with van der Waals surface area (Å²) in [5.74, 6) is -0.0993. The van der Waals surface area contributed by atoms with E-state index in [0.717, 1.165) is 30.6 Å². The average Bonchev–Trinajstić information content (AvgIpc) is 3.15. The summed E-state index contributed by atoms with van der Waals surface area (Å²) in [6.07, 6.45) is 5.40. The Morgan fingerprint density at radius 1 is 1.23 bits per heavy atom. The molecule has 6 nitrogen and oxygen atoms in total. The third-order valence-corrected chi connectivity index (χ3v) is 5.92. The fourth-order valence-corrected chi connectivity index (χ4v) is 4.25. The van der Waals surface area contributed by atoms with Crippen LogP contribution in [0.1, 0.15) is 62.3 Å². The molecule has 3 heterocycles. The van der Waals surface area contributed by atoms with Crippen molar-refractivity contribution in [2.75, 3.05) is 6.54 Å². The number of nitrogens with one attached hydrogen (secondary N) is 1. The van der Waals surface area contributed by atoms with Gasteiger partial charge in [-0.1, -0.05) is 0 Å². The summed E-state index contributed by atoms with van der Waals surface area (Å²) in [7, 11) is 0. The number of amides is 2. The predicted octanol–water partition coefficient (Wildman–Crippen LogP) is 2.88. The second-order valence-corrected chi connectivity index (χ2v) is 7.77. The maximum Gasteiger partial charge on any atom is 0.261 e. The summed E-state index contributed by atoms with van der Waals surface area (Å²) in [6, 6.07) is 9.29. The summed E-state index contributed by atoms with van der Waals surface area (Å²) in [4.78, 5) is 32.6. The van der Waals surface area contributed by atoms with Gasteiger partial charge in [-0.3, -0.25) is 9.59 Å². The number of nitrogens with zero attached hydrogens (tertiary/aromatic N) is 3. The Hall–Kier alpha value is -2.72. The first-order chi connectivity index (χ1) is 12.7. The van der Waals surface area contributed by atoms with E-state index >= 15 is 0 Å². The topological polar surface area (TPSA) is 86.1 Å². The van der Waals surface area contributed by atoms with Crippen molar-refractivity contribution in [2.24, 2.45) is 0 Å². The van der Waals surface area contributed by atoms with Gasteiger partial charge in [-0.25, -0.2) is 4.98 Å². The Balaban J connectivity index is 1.50. The van der Waals surface area contributed by atoms with Gasteiger partial charge in [0.05, 0.1) is 16.5 Å². The largest absolute Gasteiger partial charge is 0.349 e. The lowest BCUT2D eigenvalue weighted by Gasteiger charge is -2.23. The molecule has 7 heteroatoms. The van der Waals surface area contributed by atoms with Crippen LogP contribution in [-0.4, -0.2) is 34.3 Å². The Morgan fingerprint density at radius 2 is 2.08 bits per heavy atom. The van der Waals surface area contributed by atoms with Crippen LogP contribution < -0.4 is 5.32 Å². The van der Waals surface area contributed by atoms with E-state index in [9.17, 15) is 9.59 Å². The van der Waals surface area contributed by atoms with Crippen LogP contribution >= 0.6 is 11.3 Å². The molecule has 1 aliphatic carbocycles. The molecule has 1 aliphatic heterocycles. The van der Waals surface area contributed by atoms with Crippen molar-refractivity contribution in [2.45, 2.75) is 37.8 Å². The Labute approximate surface area is 155 Å². The first kappa shape index (κ1) is 16.7. The summed E-state index contributed by atoms with van der Waals surface area (Å²) in [5, 5.41) is 11.8. The number of likely N-dealkylation sites (tertiary alicyclic amines) is 1. The van der Waals surface area contributed by atoms with Crippen molar-refractivity contribution < 1.29 is 9.59 Å². The van der Waals surface area contributed by atoms with Crippen molar-refractivity contribution >= 4 is 23.2 Å². The van der Waals surface area contributed by atoms with Gasteiger partial charge in [0.15, 0.2) is 0 Å². The molecule has 0 radical (unpaired) electrons. The van der Waals surface area contributed by atoms with E-state index in [1.807, 2.05) is 23.1 Å². The van der Waals surface area contributed by atoms with E-state index in [-0.39, 0.29) is 17.9 Å². The highest BCUT2D eigenvalue weighted by molar-refractivity contribution is 7.14. The standard InChI is InChI=1S/C19H18N4O2S/c20-10-14-4-3-12(11-21-14)19(25)23-9-1-2-15(23)16-7-8-17(26-16)18(24)22-13-5-6-13/h3-4,7-8,11,13,15H,1-2,5-6,9H2,(H,22,24)/t15-/m1/s1. The van der Waals surface area contributed by atoms with E-state index < -0.39 is 0 Å². The minimum Gasteiger partial charge on any atom is -0.349 e. The number of carbonyl (C=O) groups is 2. The molecule has 4 rings (SSSR count). The van der Waals surface area contributed by atoms with E-state index in [1.165, 1.54) is 17.5 Å². The third kappa shape index (κ3) is 3.33. The van der Waals surface area contributed by atoms with Gasteiger partial charge in [0.2, 0.25) is 0 Å². The smallest absolute Gasteiger partial charge is 0.261 e. The number of nitriles is 1. The molecule has 0 spiro atoms. The molecule has 1 N–H and O–H groups in total. The number of hydrogen-bond donors (Lipinski definition) is 1. The molecule has 2 aromatic heterocycles. The summed E-state index contributed by atoms with van der Waals surface area (Å²) in [5.41, 5.74) is 0.781. The van der Waals surface area contributed by atoms with Gasteiger partial charge in [0.1, 0.15) is 11.8 Å². The van der Waals surface area contributed by atoms with E-state index in [1.54, 1.807) is 12.1 Å². The predicted molar refractivity (Wildman–Crippen MR) is 96.8 cm³/mol. The first-order valence-electron chi connectivity index (χ1n) is 8.73. The molecule has 1 saturated carbocycles. The number of carbonyl (C=O) groups excluding carboxylic acids is 2. The summed E-state index contributed by atoms with van der Waals surface area (Å²) >= 11 is 1.47. The molecule has 2 aliphatic rings. The lowest BCUT2D eigenvalue weighted by atomic mass is 10.1. The van der Waals surface area contributed by atoms with Gasteiger partial charge in [-0.15, -0.1) is 11.3 Å². The fraction of sp³-hybridized carbons (Fsp3) is 0.368. The summed E-state index contributed by atoms with van der Waals surface area (Å²) < 4.78 is 0. The molecular formula is C19H18N4O2S. The third-order valence-electron chi connectivity index (χ3n) is 4.73. The monoisotopic (exact) mass is 366 g/mol. The van der Waals surface area contributed by atoms with Crippen LogP contribution in [0.5, 0.6) is 0 Å². The zero-order valence-electron chi connectivity index (χ0n) is 14.1. The Kier molecular flexibility index (Phi) is 4.43. The second kappa shape index (κ2) is 6.89. The number of thiophene rings is 1. The highest BCUT2D eigenvalue weighted by atomic mass is 32.1. The minimum atomic E-state index is -0.0816. The highest BCUT2D eigenvalue weighted by Gasteiger charge is 2.32. The van der Waals surface area contributed by atoms with Crippen molar-refractivity contribution in [3.05, 3.63) is 51.5 Å². The van der Waals surface area contributed by atoms with E-state index in [2.05, 4.69) is 10.3 Å². The SMILES string of the molecule is N#Cc1ccc(C(=O)N2CCC[C@@H]2c2ccc(C(=O)NC3CC3)s2)cn1.